The number of hydrogen-bond donors (Lipinski definition) is 1. The molecule has 0 saturated carbocycles. The van der Waals surface area contributed by atoms with Crippen LogP contribution in [-0.4, -0.2) is 64.5 Å². The first-order chi connectivity index (χ1) is 15.1. The average molecular weight is 445 g/mol. The third-order valence-corrected chi connectivity index (χ3v) is 6.01. The number of aryl methyl sites for hydroxylation is 1. The Morgan fingerprint density at radius 1 is 1.09 bits per heavy atom. The van der Waals surface area contributed by atoms with Crippen molar-refractivity contribution in [1.29, 1.82) is 0 Å². The standard InChI is InChI=1S/C24H36N4O4/c1-17-7-5-9-20(25-17)26-22(30)19-8-6-12-28(16-19)21(29)15-18-10-13-27(14-11-18)23(31)32-24(2,3)4/h5,7,9,18-19H,6,8,10-16H2,1-4H3,(H,25,26,30). The zero-order chi connectivity index (χ0) is 23.3. The molecule has 8 heteroatoms. The van der Waals surface area contributed by atoms with E-state index in [1.807, 2.05) is 44.7 Å². The minimum absolute atomic E-state index is 0.0775. The van der Waals surface area contributed by atoms with Crippen molar-refractivity contribution in [2.45, 2.75) is 65.4 Å². The maximum absolute atomic E-state index is 12.9. The lowest BCUT2D eigenvalue weighted by molar-refractivity contribution is -0.135. The van der Waals surface area contributed by atoms with Gasteiger partial charge in [0.1, 0.15) is 11.4 Å². The van der Waals surface area contributed by atoms with E-state index in [0.717, 1.165) is 31.4 Å². The molecular weight excluding hydrogens is 408 g/mol. The number of amides is 3. The van der Waals surface area contributed by atoms with Gasteiger partial charge in [0.2, 0.25) is 11.8 Å². The maximum atomic E-state index is 12.9. The van der Waals surface area contributed by atoms with E-state index in [0.29, 0.717) is 38.4 Å². The molecule has 2 aliphatic heterocycles. The summed E-state index contributed by atoms with van der Waals surface area (Å²) in [7, 11) is 0. The van der Waals surface area contributed by atoms with Crippen LogP contribution in [-0.2, 0) is 14.3 Å². The average Bonchev–Trinajstić information content (AvgIpc) is 2.73. The molecule has 0 aromatic carbocycles. The third kappa shape index (κ3) is 6.93. The SMILES string of the molecule is Cc1cccc(NC(=O)C2CCCN(C(=O)CC3CCN(C(=O)OC(C)(C)C)CC3)C2)n1. The Labute approximate surface area is 190 Å². The molecule has 32 heavy (non-hydrogen) atoms. The maximum Gasteiger partial charge on any atom is 0.410 e. The van der Waals surface area contributed by atoms with Crippen LogP contribution in [0.15, 0.2) is 18.2 Å². The Kier molecular flexibility index (Phi) is 7.74. The first kappa shape index (κ1) is 24.0. The van der Waals surface area contributed by atoms with Crippen LogP contribution in [0.3, 0.4) is 0 Å². The molecule has 3 amide bonds. The van der Waals surface area contributed by atoms with Gasteiger partial charge in [-0.2, -0.15) is 0 Å². The van der Waals surface area contributed by atoms with E-state index >= 15 is 0 Å². The molecule has 1 atom stereocenters. The molecule has 3 heterocycles. The zero-order valence-electron chi connectivity index (χ0n) is 19.7. The third-order valence-electron chi connectivity index (χ3n) is 6.01. The Bertz CT molecular complexity index is 828. The summed E-state index contributed by atoms with van der Waals surface area (Å²) >= 11 is 0. The number of carbonyl (C=O) groups is 3. The molecule has 0 radical (unpaired) electrons. The van der Waals surface area contributed by atoms with Crippen molar-refractivity contribution in [1.82, 2.24) is 14.8 Å². The number of piperidine rings is 2. The van der Waals surface area contributed by atoms with E-state index in [1.165, 1.54) is 0 Å². The summed E-state index contributed by atoms with van der Waals surface area (Å²) in [5.74, 6) is 0.615. The molecule has 2 fully saturated rings. The van der Waals surface area contributed by atoms with E-state index in [-0.39, 0.29) is 29.7 Å². The van der Waals surface area contributed by atoms with Gasteiger partial charge in [0.05, 0.1) is 5.92 Å². The van der Waals surface area contributed by atoms with Crippen LogP contribution >= 0.6 is 0 Å². The summed E-state index contributed by atoms with van der Waals surface area (Å²) in [4.78, 5) is 45.7. The van der Waals surface area contributed by atoms with Crippen LogP contribution in [0.4, 0.5) is 10.6 Å². The van der Waals surface area contributed by atoms with Gasteiger partial charge in [0, 0.05) is 38.3 Å². The summed E-state index contributed by atoms with van der Waals surface area (Å²) in [6.45, 7) is 9.84. The van der Waals surface area contributed by atoms with Crippen molar-refractivity contribution < 1.29 is 19.1 Å². The van der Waals surface area contributed by atoms with Crippen molar-refractivity contribution in [3.63, 3.8) is 0 Å². The van der Waals surface area contributed by atoms with Crippen LogP contribution in [0.1, 0.15) is 58.6 Å². The summed E-state index contributed by atoms with van der Waals surface area (Å²) < 4.78 is 5.44. The summed E-state index contributed by atoms with van der Waals surface area (Å²) in [6.07, 6.45) is 3.37. The minimum Gasteiger partial charge on any atom is -0.444 e. The molecule has 3 rings (SSSR count). The summed E-state index contributed by atoms with van der Waals surface area (Å²) in [5.41, 5.74) is 0.345. The highest BCUT2D eigenvalue weighted by Gasteiger charge is 2.32. The lowest BCUT2D eigenvalue weighted by Crippen LogP contribution is -2.45. The highest BCUT2D eigenvalue weighted by molar-refractivity contribution is 5.92. The molecule has 0 aliphatic carbocycles. The summed E-state index contributed by atoms with van der Waals surface area (Å²) in [6, 6.07) is 5.53. The van der Waals surface area contributed by atoms with E-state index in [1.54, 1.807) is 11.0 Å². The van der Waals surface area contributed by atoms with Crippen molar-refractivity contribution in [3.8, 4) is 0 Å². The Hall–Kier alpha value is -2.64. The van der Waals surface area contributed by atoms with Crippen LogP contribution in [0.2, 0.25) is 0 Å². The molecule has 1 N–H and O–H groups in total. The van der Waals surface area contributed by atoms with E-state index < -0.39 is 5.60 Å². The van der Waals surface area contributed by atoms with Crippen molar-refractivity contribution in [2.75, 3.05) is 31.5 Å². The molecule has 8 nitrogen and oxygen atoms in total. The lowest BCUT2D eigenvalue weighted by Gasteiger charge is -2.35. The van der Waals surface area contributed by atoms with Crippen molar-refractivity contribution >= 4 is 23.7 Å². The Morgan fingerprint density at radius 2 is 1.81 bits per heavy atom. The monoisotopic (exact) mass is 444 g/mol. The normalized spacial score (nSPS) is 20.1. The fraction of sp³-hybridized carbons (Fsp3) is 0.667. The predicted molar refractivity (Wildman–Crippen MR) is 122 cm³/mol. The number of ether oxygens (including phenoxy) is 1. The number of pyridine rings is 1. The van der Waals surface area contributed by atoms with Gasteiger partial charge in [-0.05, 0) is 71.4 Å². The van der Waals surface area contributed by atoms with Crippen molar-refractivity contribution in [2.24, 2.45) is 11.8 Å². The van der Waals surface area contributed by atoms with Gasteiger partial charge in [-0.25, -0.2) is 9.78 Å². The topological polar surface area (TPSA) is 91.8 Å². The molecule has 1 aromatic rings. The number of hydrogen-bond acceptors (Lipinski definition) is 5. The number of likely N-dealkylation sites (tertiary alicyclic amines) is 2. The highest BCUT2D eigenvalue weighted by Crippen LogP contribution is 2.25. The number of nitrogens with one attached hydrogen (secondary N) is 1. The molecule has 1 unspecified atom stereocenters. The first-order valence-corrected chi connectivity index (χ1v) is 11.6. The second kappa shape index (κ2) is 10.3. The first-order valence-electron chi connectivity index (χ1n) is 11.6. The number of nitrogens with zero attached hydrogens (tertiary/aromatic N) is 3. The fourth-order valence-corrected chi connectivity index (χ4v) is 4.28. The molecular formula is C24H36N4O4. The van der Waals surface area contributed by atoms with E-state index in [2.05, 4.69) is 10.3 Å². The number of carbonyl (C=O) groups excluding carboxylic acids is 3. The van der Waals surface area contributed by atoms with Gasteiger partial charge in [0.15, 0.2) is 0 Å². The van der Waals surface area contributed by atoms with Crippen LogP contribution in [0.5, 0.6) is 0 Å². The zero-order valence-corrected chi connectivity index (χ0v) is 19.7. The van der Waals surface area contributed by atoms with Gasteiger partial charge < -0.3 is 19.9 Å². The van der Waals surface area contributed by atoms with Crippen LogP contribution in [0, 0.1) is 18.8 Å². The van der Waals surface area contributed by atoms with E-state index in [9.17, 15) is 14.4 Å². The van der Waals surface area contributed by atoms with Gasteiger partial charge in [-0.1, -0.05) is 6.07 Å². The van der Waals surface area contributed by atoms with Gasteiger partial charge in [-0.15, -0.1) is 0 Å². The molecule has 2 aliphatic rings. The molecule has 2 saturated heterocycles. The van der Waals surface area contributed by atoms with Gasteiger partial charge in [0.25, 0.3) is 0 Å². The molecule has 0 spiro atoms. The molecule has 0 bridgehead atoms. The quantitative estimate of drug-likeness (QED) is 0.766. The smallest absolute Gasteiger partial charge is 0.410 e. The molecule has 1 aromatic heterocycles. The fourth-order valence-electron chi connectivity index (χ4n) is 4.28. The number of aromatic nitrogens is 1. The van der Waals surface area contributed by atoms with E-state index in [4.69, 9.17) is 4.74 Å². The number of rotatable bonds is 4. The number of anilines is 1. The van der Waals surface area contributed by atoms with Gasteiger partial charge >= 0.3 is 6.09 Å². The Balaban J connectivity index is 1.45. The van der Waals surface area contributed by atoms with Crippen LogP contribution < -0.4 is 5.32 Å². The highest BCUT2D eigenvalue weighted by atomic mass is 16.6. The lowest BCUT2D eigenvalue weighted by atomic mass is 9.91. The second-order valence-electron chi connectivity index (χ2n) is 9.95. The van der Waals surface area contributed by atoms with Crippen LogP contribution in [0.25, 0.3) is 0 Å². The largest absolute Gasteiger partial charge is 0.444 e. The predicted octanol–water partition coefficient (Wildman–Crippen LogP) is 3.60. The molecule has 176 valence electrons. The second-order valence-corrected chi connectivity index (χ2v) is 9.95. The summed E-state index contributed by atoms with van der Waals surface area (Å²) in [5, 5.41) is 2.89. The Morgan fingerprint density at radius 3 is 2.47 bits per heavy atom. The van der Waals surface area contributed by atoms with Gasteiger partial charge in [-0.3, -0.25) is 9.59 Å². The van der Waals surface area contributed by atoms with Crippen molar-refractivity contribution in [3.05, 3.63) is 23.9 Å². The minimum atomic E-state index is -0.504.